The highest BCUT2D eigenvalue weighted by Gasteiger charge is 2.26. The van der Waals surface area contributed by atoms with Gasteiger partial charge in [0.05, 0.1) is 6.54 Å². The number of piperidine rings is 1. The Labute approximate surface area is 139 Å². The minimum Gasteiger partial charge on any atom is -0.488 e. The summed E-state index contributed by atoms with van der Waals surface area (Å²) in [5.41, 5.74) is 5.81. The van der Waals surface area contributed by atoms with Gasteiger partial charge in [0.1, 0.15) is 23.2 Å². The summed E-state index contributed by atoms with van der Waals surface area (Å²) in [7, 11) is 0. The van der Waals surface area contributed by atoms with Gasteiger partial charge in [0, 0.05) is 25.0 Å². The molecule has 0 spiro atoms. The normalized spacial score (nSPS) is 17.3. The molecule has 0 bridgehead atoms. The molecule has 7 nitrogen and oxygen atoms in total. The average Bonchev–Trinajstić information content (AvgIpc) is 2.62. The quantitative estimate of drug-likeness (QED) is 0.912. The number of amides is 2. The van der Waals surface area contributed by atoms with Gasteiger partial charge >= 0.3 is 0 Å². The Kier molecular flexibility index (Phi) is 4.69. The van der Waals surface area contributed by atoms with Gasteiger partial charge in [-0.2, -0.15) is 0 Å². The van der Waals surface area contributed by atoms with Crippen LogP contribution < -0.4 is 10.5 Å². The lowest BCUT2D eigenvalue weighted by Crippen LogP contribution is -2.44. The molecule has 3 rings (SSSR count). The van der Waals surface area contributed by atoms with Crippen LogP contribution in [-0.2, 0) is 0 Å². The molecule has 1 atom stereocenters. The second kappa shape index (κ2) is 7.08. The minimum atomic E-state index is -0.601. The van der Waals surface area contributed by atoms with Crippen molar-refractivity contribution in [1.82, 2.24) is 14.9 Å². The summed E-state index contributed by atoms with van der Waals surface area (Å²) in [5, 5.41) is 0. The number of likely N-dealkylation sites (tertiary alicyclic amines) is 1. The SMILES string of the molecule is NC(=O)c1cc(OC2CCCN(C(=O)c3ccccn3)C2)ccn1. The molecule has 1 fully saturated rings. The molecule has 2 N–H and O–H groups in total. The first-order chi connectivity index (χ1) is 11.6. The van der Waals surface area contributed by atoms with E-state index >= 15 is 0 Å². The number of carbonyl (C=O) groups is 2. The standard InChI is InChI=1S/C17H18N4O3/c18-16(22)15-10-12(6-8-20-15)24-13-4-3-9-21(11-13)17(23)14-5-1-2-7-19-14/h1-2,5-8,10,13H,3-4,9,11H2,(H2,18,22). The number of pyridine rings is 2. The van der Waals surface area contributed by atoms with Crippen molar-refractivity contribution in [2.24, 2.45) is 5.73 Å². The second-order valence-corrected chi connectivity index (χ2v) is 5.59. The topological polar surface area (TPSA) is 98.4 Å². The molecule has 124 valence electrons. The first kappa shape index (κ1) is 15.9. The van der Waals surface area contributed by atoms with Crippen LogP contribution in [0.15, 0.2) is 42.7 Å². The van der Waals surface area contributed by atoms with Gasteiger partial charge in [-0.1, -0.05) is 6.07 Å². The predicted molar refractivity (Wildman–Crippen MR) is 86.5 cm³/mol. The fraction of sp³-hybridized carbons (Fsp3) is 0.294. The molecule has 1 aliphatic heterocycles. The van der Waals surface area contributed by atoms with Crippen LogP contribution in [0.3, 0.4) is 0 Å². The predicted octanol–water partition coefficient (Wildman–Crippen LogP) is 1.26. The molecule has 1 aliphatic rings. The van der Waals surface area contributed by atoms with Crippen LogP contribution in [0.2, 0.25) is 0 Å². The Balaban J connectivity index is 1.66. The molecule has 0 aliphatic carbocycles. The summed E-state index contributed by atoms with van der Waals surface area (Å²) in [6.07, 6.45) is 4.62. The molecule has 2 aromatic heterocycles. The number of nitrogens with zero attached hydrogens (tertiary/aromatic N) is 3. The Bertz CT molecular complexity index is 736. The number of aromatic nitrogens is 2. The highest BCUT2D eigenvalue weighted by Crippen LogP contribution is 2.19. The van der Waals surface area contributed by atoms with Crippen molar-refractivity contribution < 1.29 is 14.3 Å². The van der Waals surface area contributed by atoms with E-state index in [1.807, 2.05) is 0 Å². The largest absolute Gasteiger partial charge is 0.488 e. The molecular formula is C17H18N4O3. The number of hydrogen-bond donors (Lipinski definition) is 1. The van der Waals surface area contributed by atoms with Gasteiger partial charge in [-0.05, 0) is 31.0 Å². The van der Waals surface area contributed by atoms with Crippen LogP contribution in [-0.4, -0.2) is 45.9 Å². The van der Waals surface area contributed by atoms with Crippen molar-refractivity contribution in [3.8, 4) is 5.75 Å². The number of rotatable bonds is 4. The van der Waals surface area contributed by atoms with Crippen LogP contribution in [0.1, 0.15) is 33.8 Å². The van der Waals surface area contributed by atoms with Crippen LogP contribution in [0.5, 0.6) is 5.75 Å². The lowest BCUT2D eigenvalue weighted by Gasteiger charge is -2.32. The van der Waals surface area contributed by atoms with Gasteiger partial charge in [0.2, 0.25) is 0 Å². The maximum Gasteiger partial charge on any atom is 0.272 e. The van der Waals surface area contributed by atoms with E-state index in [1.54, 1.807) is 35.4 Å². The van der Waals surface area contributed by atoms with E-state index < -0.39 is 5.91 Å². The zero-order valence-corrected chi connectivity index (χ0v) is 13.1. The molecule has 7 heteroatoms. The molecule has 2 aromatic rings. The van der Waals surface area contributed by atoms with Crippen molar-refractivity contribution in [1.29, 1.82) is 0 Å². The van der Waals surface area contributed by atoms with Gasteiger partial charge in [0.25, 0.3) is 11.8 Å². The van der Waals surface area contributed by atoms with Crippen molar-refractivity contribution in [2.45, 2.75) is 18.9 Å². The Morgan fingerprint density at radius 2 is 2.00 bits per heavy atom. The highest BCUT2D eigenvalue weighted by atomic mass is 16.5. The molecular weight excluding hydrogens is 308 g/mol. The first-order valence-electron chi connectivity index (χ1n) is 7.76. The number of hydrogen-bond acceptors (Lipinski definition) is 5. The molecule has 1 unspecified atom stereocenters. The number of primary amides is 1. The van der Waals surface area contributed by atoms with Gasteiger partial charge in [-0.3, -0.25) is 19.6 Å². The smallest absolute Gasteiger partial charge is 0.272 e. The van der Waals surface area contributed by atoms with Crippen LogP contribution in [0.4, 0.5) is 0 Å². The molecule has 3 heterocycles. The molecule has 24 heavy (non-hydrogen) atoms. The zero-order chi connectivity index (χ0) is 16.9. The summed E-state index contributed by atoms with van der Waals surface area (Å²) in [6, 6.07) is 8.46. The third kappa shape index (κ3) is 3.68. The first-order valence-corrected chi connectivity index (χ1v) is 7.76. The van der Waals surface area contributed by atoms with Gasteiger partial charge in [-0.15, -0.1) is 0 Å². The van der Waals surface area contributed by atoms with Crippen LogP contribution in [0.25, 0.3) is 0 Å². The second-order valence-electron chi connectivity index (χ2n) is 5.59. The van der Waals surface area contributed by atoms with E-state index in [9.17, 15) is 9.59 Å². The van der Waals surface area contributed by atoms with Crippen molar-refractivity contribution >= 4 is 11.8 Å². The maximum absolute atomic E-state index is 12.5. The summed E-state index contributed by atoms with van der Waals surface area (Å²) in [6.45, 7) is 1.15. The van der Waals surface area contributed by atoms with E-state index in [2.05, 4.69) is 9.97 Å². The minimum absolute atomic E-state index is 0.101. The maximum atomic E-state index is 12.5. The molecule has 0 saturated carbocycles. The molecule has 2 amide bonds. The lowest BCUT2D eigenvalue weighted by molar-refractivity contribution is 0.0532. The number of ether oxygens (including phenoxy) is 1. The third-order valence-electron chi connectivity index (χ3n) is 3.84. The Morgan fingerprint density at radius 1 is 1.17 bits per heavy atom. The Hall–Kier alpha value is -2.96. The number of carbonyl (C=O) groups excluding carboxylic acids is 2. The summed E-state index contributed by atoms with van der Waals surface area (Å²) < 4.78 is 5.90. The fourth-order valence-electron chi connectivity index (χ4n) is 2.68. The summed E-state index contributed by atoms with van der Waals surface area (Å²) in [5.74, 6) is -0.177. The molecule has 0 aromatic carbocycles. The summed E-state index contributed by atoms with van der Waals surface area (Å²) >= 11 is 0. The molecule has 0 radical (unpaired) electrons. The van der Waals surface area contributed by atoms with Crippen molar-refractivity contribution in [3.05, 3.63) is 54.1 Å². The van der Waals surface area contributed by atoms with E-state index in [0.29, 0.717) is 24.5 Å². The van der Waals surface area contributed by atoms with E-state index in [0.717, 1.165) is 12.8 Å². The van der Waals surface area contributed by atoms with E-state index in [4.69, 9.17) is 10.5 Å². The van der Waals surface area contributed by atoms with Gasteiger partial charge in [0.15, 0.2) is 0 Å². The summed E-state index contributed by atoms with van der Waals surface area (Å²) in [4.78, 5) is 33.4. The van der Waals surface area contributed by atoms with Crippen molar-refractivity contribution in [2.75, 3.05) is 13.1 Å². The van der Waals surface area contributed by atoms with Gasteiger partial charge < -0.3 is 15.4 Å². The number of nitrogens with two attached hydrogens (primary N) is 1. The lowest BCUT2D eigenvalue weighted by atomic mass is 10.1. The van der Waals surface area contributed by atoms with Crippen molar-refractivity contribution in [3.63, 3.8) is 0 Å². The third-order valence-corrected chi connectivity index (χ3v) is 3.84. The fourth-order valence-corrected chi connectivity index (χ4v) is 2.68. The monoisotopic (exact) mass is 326 g/mol. The van der Waals surface area contributed by atoms with E-state index in [-0.39, 0.29) is 17.7 Å². The zero-order valence-electron chi connectivity index (χ0n) is 13.1. The van der Waals surface area contributed by atoms with E-state index in [1.165, 1.54) is 12.3 Å². The van der Waals surface area contributed by atoms with Gasteiger partial charge in [-0.25, -0.2) is 0 Å². The average molecular weight is 326 g/mol. The van der Waals surface area contributed by atoms with Crippen LogP contribution >= 0.6 is 0 Å². The van der Waals surface area contributed by atoms with Crippen LogP contribution in [0, 0.1) is 0 Å². The Morgan fingerprint density at radius 3 is 2.75 bits per heavy atom. The highest BCUT2D eigenvalue weighted by molar-refractivity contribution is 5.92. The molecule has 1 saturated heterocycles.